The van der Waals surface area contributed by atoms with Crippen LogP contribution in [-0.2, 0) is 0 Å². The highest BCUT2D eigenvalue weighted by Crippen LogP contribution is 2.47. The summed E-state index contributed by atoms with van der Waals surface area (Å²) in [6.45, 7) is 0. The molecule has 0 spiro atoms. The molecule has 0 atom stereocenters. The molecule has 29 rings (SSSR count). The van der Waals surface area contributed by atoms with Crippen molar-refractivity contribution >= 4 is 170 Å². The second-order valence-corrected chi connectivity index (χ2v) is 39.6. The van der Waals surface area contributed by atoms with Crippen molar-refractivity contribution in [2.24, 2.45) is 0 Å². The summed E-state index contributed by atoms with van der Waals surface area (Å²) >= 11 is 5.52. The van der Waals surface area contributed by atoms with E-state index in [0.717, 1.165) is 144 Å². The average molecular weight is 1900 g/mol. The standard InChI is InChI=1S/C47H29N3S.C45H27N3S.C40H24N4S/c1-3-11-30(12-4-1)31-19-21-32(22-20-31)42-29-43(50-47(49-42)35-13-5-2-6-14-35)33-23-25-34(26-24-33)46-40-28-45-39(37-16-8-10-18-44(37)51-45)27-38(40)36-15-7-9-17-41(36)48-46;1-2-10-28(11-3-1)29-18-20-30(21-19-29)43-35-14-5-8-16-40(35)47-45(48-43)32-24-22-31(23-25-32)44-38-27-42-37(34-13-6-9-17-41(34)49-42)26-36(38)33-12-4-7-15-39(33)46-44;1-3-11-26(12-4-1)38-42-39(27-13-5-2-6-14-27)44-40(43-38)28-21-19-25(20-22-28)37-33-24-36-32(30-16-8-10-18-35(30)45-36)23-31(33)29-15-7-9-17-34(29)41-37/h1-29H;1-27H;1-24H. The third kappa shape index (κ3) is 16.1. The first-order valence-electron chi connectivity index (χ1n) is 48.4. The molecule has 0 fully saturated rings. The van der Waals surface area contributed by atoms with E-state index in [1.165, 1.54) is 110 Å². The summed E-state index contributed by atoms with van der Waals surface area (Å²) in [5.41, 5.74) is 25.4. The van der Waals surface area contributed by atoms with Gasteiger partial charge in [0.2, 0.25) is 0 Å². The lowest BCUT2D eigenvalue weighted by Crippen LogP contribution is -2.00. The Morgan fingerprint density at radius 2 is 0.331 bits per heavy atom. The Labute approximate surface area is 845 Å². The Kier molecular flexibility index (Phi) is 21.6. The Balaban J connectivity index is 0.000000108. The number of aromatic nitrogens is 10. The molecule has 29 aromatic rings. The smallest absolute Gasteiger partial charge is 0.164 e. The van der Waals surface area contributed by atoms with E-state index in [-0.39, 0.29) is 0 Å². The van der Waals surface area contributed by atoms with Gasteiger partial charge in [-0.3, -0.25) is 0 Å². The zero-order chi connectivity index (χ0) is 95.8. The summed E-state index contributed by atoms with van der Waals surface area (Å²) < 4.78 is 7.73. The van der Waals surface area contributed by atoms with Crippen LogP contribution in [0.5, 0.6) is 0 Å². The summed E-state index contributed by atoms with van der Waals surface area (Å²) in [5, 5.41) is 19.5. The van der Waals surface area contributed by atoms with Gasteiger partial charge in [0.25, 0.3) is 0 Å². The maximum Gasteiger partial charge on any atom is 0.164 e. The van der Waals surface area contributed by atoms with E-state index in [0.29, 0.717) is 29.1 Å². The number of pyridine rings is 3. The first-order chi connectivity index (χ1) is 71.8. The molecule has 0 saturated carbocycles. The molecular weight excluding hydrogens is 1820 g/mol. The number of hydrogen-bond donors (Lipinski definition) is 0. The first kappa shape index (κ1) is 85.7. The average Bonchev–Trinajstić information content (AvgIpc) is 1.66. The van der Waals surface area contributed by atoms with Crippen LogP contribution < -0.4 is 0 Å². The molecule has 0 amide bonds. The van der Waals surface area contributed by atoms with Crippen LogP contribution in [0.3, 0.4) is 0 Å². The molecule has 9 aromatic heterocycles. The van der Waals surface area contributed by atoms with Crippen LogP contribution in [0.15, 0.2) is 485 Å². The van der Waals surface area contributed by atoms with E-state index in [1.807, 2.05) is 131 Å². The third-order valence-electron chi connectivity index (χ3n) is 27.5. The van der Waals surface area contributed by atoms with E-state index < -0.39 is 0 Å². The Hall–Kier alpha value is -18.5. The molecule has 10 nitrogen and oxygen atoms in total. The maximum atomic E-state index is 5.25. The highest BCUT2D eigenvalue weighted by Gasteiger charge is 2.24. The van der Waals surface area contributed by atoms with Gasteiger partial charge in [-0.25, -0.2) is 49.8 Å². The van der Waals surface area contributed by atoms with Crippen molar-refractivity contribution in [3.05, 3.63) is 485 Å². The minimum atomic E-state index is 0.637. The first-order valence-corrected chi connectivity index (χ1v) is 50.9. The van der Waals surface area contributed by atoms with Gasteiger partial charge in [-0.05, 0) is 123 Å². The van der Waals surface area contributed by atoms with Crippen LogP contribution in [-0.4, -0.2) is 49.8 Å². The van der Waals surface area contributed by atoms with Gasteiger partial charge in [-0.1, -0.05) is 400 Å². The van der Waals surface area contributed by atoms with Crippen molar-refractivity contribution in [1.82, 2.24) is 49.8 Å². The number of benzene rings is 20. The summed E-state index contributed by atoms with van der Waals surface area (Å²) in [5.74, 6) is 3.35. The predicted molar refractivity (Wildman–Crippen MR) is 609 cm³/mol. The number of nitrogens with zero attached hydrogens (tertiary/aromatic N) is 10. The molecule has 0 bridgehead atoms. The van der Waals surface area contributed by atoms with Crippen molar-refractivity contribution < 1.29 is 0 Å². The van der Waals surface area contributed by atoms with Crippen LogP contribution in [0, 0.1) is 0 Å². The second-order valence-electron chi connectivity index (χ2n) is 36.3. The molecule has 145 heavy (non-hydrogen) atoms. The van der Waals surface area contributed by atoms with E-state index in [1.54, 1.807) is 0 Å². The highest BCUT2D eigenvalue weighted by molar-refractivity contribution is 7.26. The molecule has 676 valence electrons. The Morgan fingerprint density at radius 1 is 0.110 bits per heavy atom. The molecule has 0 radical (unpaired) electrons. The van der Waals surface area contributed by atoms with Gasteiger partial charge in [0.1, 0.15) is 0 Å². The summed E-state index contributed by atoms with van der Waals surface area (Å²) in [4.78, 5) is 50.7. The van der Waals surface area contributed by atoms with Crippen molar-refractivity contribution in [2.75, 3.05) is 0 Å². The van der Waals surface area contributed by atoms with Gasteiger partial charge in [0.05, 0.1) is 56.2 Å². The predicted octanol–water partition coefficient (Wildman–Crippen LogP) is 35.9. The molecule has 0 aliphatic rings. The number of rotatable bonds is 13. The molecule has 20 aromatic carbocycles. The number of thiophene rings is 3. The molecule has 9 heterocycles. The minimum Gasteiger partial charge on any atom is -0.247 e. The molecule has 0 aliphatic carbocycles. The maximum absolute atomic E-state index is 5.25. The van der Waals surface area contributed by atoms with Gasteiger partial charge in [0.15, 0.2) is 29.1 Å². The lowest BCUT2D eigenvalue weighted by molar-refractivity contribution is 1.07. The van der Waals surface area contributed by atoms with Crippen LogP contribution in [0.4, 0.5) is 0 Å². The van der Waals surface area contributed by atoms with E-state index in [4.69, 9.17) is 49.8 Å². The van der Waals surface area contributed by atoms with Crippen LogP contribution in [0.2, 0.25) is 0 Å². The molecular formula is C132H80N10S3. The van der Waals surface area contributed by atoms with E-state index in [2.05, 4.69) is 388 Å². The number of hydrogen-bond acceptors (Lipinski definition) is 13. The van der Waals surface area contributed by atoms with E-state index in [9.17, 15) is 0 Å². The normalized spacial score (nSPS) is 11.6. The Bertz CT molecular complexity index is 10000. The third-order valence-corrected chi connectivity index (χ3v) is 30.9. The second kappa shape index (κ2) is 36.6. The molecule has 0 unspecified atom stereocenters. The van der Waals surface area contributed by atoms with Crippen molar-refractivity contribution in [1.29, 1.82) is 0 Å². The monoisotopic (exact) mass is 1900 g/mol. The van der Waals surface area contributed by atoms with E-state index >= 15 is 0 Å². The van der Waals surface area contributed by atoms with Crippen molar-refractivity contribution in [3.63, 3.8) is 0 Å². The van der Waals surface area contributed by atoms with Crippen LogP contribution >= 0.6 is 34.0 Å². The molecule has 0 saturated heterocycles. The lowest BCUT2D eigenvalue weighted by Gasteiger charge is -2.12. The molecule has 0 N–H and O–H groups in total. The van der Waals surface area contributed by atoms with Crippen molar-refractivity contribution in [2.45, 2.75) is 0 Å². The number of para-hydroxylation sites is 4. The highest BCUT2D eigenvalue weighted by atomic mass is 32.1. The summed E-state index contributed by atoms with van der Waals surface area (Å²) in [7, 11) is 0. The van der Waals surface area contributed by atoms with Gasteiger partial charge < -0.3 is 0 Å². The molecule has 0 aliphatic heterocycles. The summed E-state index contributed by atoms with van der Waals surface area (Å²) in [6, 6.07) is 170. The Morgan fingerprint density at radius 3 is 0.655 bits per heavy atom. The lowest BCUT2D eigenvalue weighted by atomic mass is 9.97. The van der Waals surface area contributed by atoms with Crippen LogP contribution in [0.25, 0.3) is 283 Å². The quantitative estimate of drug-likeness (QED) is 0.103. The number of fused-ring (bicyclic) bond motifs is 19. The fraction of sp³-hybridized carbons (Fsp3) is 0. The zero-order valence-electron chi connectivity index (χ0n) is 77.9. The molecule has 13 heteroatoms. The van der Waals surface area contributed by atoms with Crippen molar-refractivity contribution in [3.8, 4) is 147 Å². The van der Waals surface area contributed by atoms with Gasteiger partial charge in [-0.2, -0.15) is 0 Å². The van der Waals surface area contributed by atoms with Gasteiger partial charge in [0, 0.05) is 159 Å². The fourth-order valence-electron chi connectivity index (χ4n) is 20.3. The van der Waals surface area contributed by atoms with Gasteiger partial charge >= 0.3 is 0 Å². The topological polar surface area (TPSA) is 129 Å². The van der Waals surface area contributed by atoms with Gasteiger partial charge in [-0.15, -0.1) is 34.0 Å². The zero-order valence-corrected chi connectivity index (χ0v) is 80.3. The summed E-state index contributed by atoms with van der Waals surface area (Å²) in [6.07, 6.45) is 0. The largest absolute Gasteiger partial charge is 0.247 e. The minimum absolute atomic E-state index is 0.637. The SMILES string of the molecule is c1ccc(-c2ccc(-c3cc(-c4ccc(-c5nc6ccccc6c6cc7c(cc56)sc5ccccc57)cc4)nc(-c4ccccc4)n3)cc2)cc1.c1ccc(-c2ccc(-c3nc(-c4ccc(-c5nc6ccccc6c6cc7c(cc56)sc5ccccc57)cc4)nc4ccccc34)cc2)cc1.c1ccc(-c2nc(-c3ccccc3)nc(-c3ccc(-c4nc5ccccc5c5cc6c(cc45)sc4ccccc46)cc3)n2)cc1. The fourth-order valence-corrected chi connectivity index (χ4v) is 23.6. The van der Waals surface area contributed by atoms with Crippen LogP contribution in [0.1, 0.15) is 0 Å².